The molecule has 31 heavy (non-hydrogen) atoms. The Bertz CT molecular complexity index is 919. The van der Waals surface area contributed by atoms with Crippen LogP contribution in [-0.4, -0.2) is 38.0 Å². The Hall–Kier alpha value is -2.57. The second kappa shape index (κ2) is 11.7. The van der Waals surface area contributed by atoms with Gasteiger partial charge in [0.2, 0.25) is 0 Å². The molecule has 3 N–H and O–H groups in total. The van der Waals surface area contributed by atoms with Crippen molar-refractivity contribution in [3.63, 3.8) is 0 Å². The van der Waals surface area contributed by atoms with E-state index in [0.717, 1.165) is 29.1 Å². The molecular formula is C25H32N3O2S+. The monoisotopic (exact) mass is 438 g/mol. The van der Waals surface area contributed by atoms with Crippen LogP contribution in [0.15, 0.2) is 58.3 Å². The highest BCUT2D eigenvalue weighted by molar-refractivity contribution is 8.04. The molecule has 0 aliphatic carbocycles. The number of para-hydroxylation sites is 1. The predicted molar refractivity (Wildman–Crippen MR) is 128 cm³/mol. The van der Waals surface area contributed by atoms with Gasteiger partial charge in [-0.05, 0) is 48.7 Å². The number of fused-ring (bicyclic) bond motifs is 1. The lowest BCUT2D eigenvalue weighted by molar-refractivity contribution is -0.900. The summed E-state index contributed by atoms with van der Waals surface area (Å²) in [4.78, 5) is 28.1. The molecule has 1 heterocycles. The van der Waals surface area contributed by atoms with Crippen LogP contribution in [0.5, 0.6) is 0 Å². The third-order valence-corrected chi connectivity index (χ3v) is 6.35. The number of amides is 2. The number of hydrogen-bond acceptors (Lipinski definition) is 3. The van der Waals surface area contributed by atoms with Crippen molar-refractivity contribution in [2.24, 2.45) is 0 Å². The summed E-state index contributed by atoms with van der Waals surface area (Å²) in [6, 6.07) is 15.1. The third kappa shape index (κ3) is 6.71. The summed E-state index contributed by atoms with van der Waals surface area (Å²) in [5, 5.41) is 5.94. The molecule has 0 saturated carbocycles. The van der Waals surface area contributed by atoms with Gasteiger partial charge in [0, 0.05) is 23.4 Å². The van der Waals surface area contributed by atoms with Gasteiger partial charge in [-0.15, -0.1) is 0 Å². The van der Waals surface area contributed by atoms with Gasteiger partial charge in [-0.1, -0.05) is 49.9 Å². The summed E-state index contributed by atoms with van der Waals surface area (Å²) in [5.74, 6) is -0.154. The highest BCUT2D eigenvalue weighted by Crippen LogP contribution is 2.38. The van der Waals surface area contributed by atoms with E-state index >= 15 is 0 Å². The first-order valence-corrected chi connectivity index (χ1v) is 11.9. The minimum Gasteiger partial charge on any atom is -0.352 e. The molecular weight excluding hydrogens is 406 g/mol. The van der Waals surface area contributed by atoms with Gasteiger partial charge in [0.25, 0.3) is 11.8 Å². The molecule has 0 bridgehead atoms. The Kier molecular flexibility index (Phi) is 8.74. The van der Waals surface area contributed by atoms with E-state index < -0.39 is 0 Å². The lowest BCUT2D eigenvalue weighted by Gasteiger charge is -2.18. The number of carbonyl (C=O) groups excluding carboxylic acids is 2. The summed E-state index contributed by atoms with van der Waals surface area (Å²) in [6.07, 6.45) is 5.23. The van der Waals surface area contributed by atoms with Crippen LogP contribution >= 0.6 is 11.8 Å². The zero-order valence-corrected chi connectivity index (χ0v) is 19.2. The SMILES string of the molecule is CCC[NH+](CCC)CCCNC(=O)c1ccc(C=C2Sc3ccccc3NC2=O)cc1. The van der Waals surface area contributed by atoms with Gasteiger partial charge in [-0.25, -0.2) is 0 Å². The molecule has 164 valence electrons. The maximum Gasteiger partial charge on any atom is 0.262 e. The number of hydrogen-bond donors (Lipinski definition) is 3. The highest BCUT2D eigenvalue weighted by Gasteiger charge is 2.20. The van der Waals surface area contributed by atoms with Gasteiger partial charge in [0.15, 0.2) is 0 Å². The van der Waals surface area contributed by atoms with Crippen molar-refractivity contribution < 1.29 is 14.5 Å². The maximum atomic E-state index is 12.4. The Morgan fingerprint density at radius 2 is 1.74 bits per heavy atom. The number of nitrogens with one attached hydrogen (secondary N) is 3. The number of carbonyl (C=O) groups is 2. The molecule has 1 aliphatic heterocycles. The lowest BCUT2D eigenvalue weighted by Crippen LogP contribution is -3.12. The molecule has 2 amide bonds. The summed E-state index contributed by atoms with van der Waals surface area (Å²) < 4.78 is 0. The van der Waals surface area contributed by atoms with Crippen LogP contribution in [0.1, 0.15) is 49.0 Å². The first kappa shape index (κ1) is 23.1. The Morgan fingerprint density at radius 3 is 2.45 bits per heavy atom. The third-order valence-electron chi connectivity index (χ3n) is 5.25. The van der Waals surface area contributed by atoms with Crippen molar-refractivity contribution in [3.05, 3.63) is 64.6 Å². The van der Waals surface area contributed by atoms with Crippen molar-refractivity contribution in [2.75, 3.05) is 31.5 Å². The molecule has 0 unspecified atom stereocenters. The van der Waals surface area contributed by atoms with E-state index in [9.17, 15) is 9.59 Å². The van der Waals surface area contributed by atoms with Crippen molar-refractivity contribution >= 4 is 35.3 Å². The zero-order chi connectivity index (χ0) is 22.1. The molecule has 0 radical (unpaired) electrons. The Labute approximate surface area is 189 Å². The maximum absolute atomic E-state index is 12.4. The van der Waals surface area contributed by atoms with Gasteiger partial charge in [-0.2, -0.15) is 0 Å². The molecule has 0 saturated heterocycles. The Balaban J connectivity index is 1.52. The van der Waals surface area contributed by atoms with Crippen LogP contribution < -0.4 is 15.5 Å². The largest absolute Gasteiger partial charge is 0.352 e. The van der Waals surface area contributed by atoms with E-state index in [0.29, 0.717) is 17.0 Å². The first-order chi connectivity index (χ1) is 15.1. The second-order valence-electron chi connectivity index (χ2n) is 7.79. The van der Waals surface area contributed by atoms with Crippen LogP contribution in [0.2, 0.25) is 0 Å². The summed E-state index contributed by atoms with van der Waals surface area (Å²) in [7, 11) is 0. The van der Waals surface area contributed by atoms with Crippen molar-refractivity contribution in [3.8, 4) is 0 Å². The normalized spacial score (nSPS) is 14.4. The van der Waals surface area contributed by atoms with E-state index in [4.69, 9.17) is 0 Å². The van der Waals surface area contributed by atoms with Crippen molar-refractivity contribution in [1.29, 1.82) is 0 Å². The van der Waals surface area contributed by atoms with E-state index in [1.54, 1.807) is 4.90 Å². The fraction of sp³-hybridized carbons (Fsp3) is 0.360. The highest BCUT2D eigenvalue weighted by atomic mass is 32.2. The molecule has 0 spiro atoms. The number of anilines is 1. The summed E-state index contributed by atoms with van der Waals surface area (Å²) in [6.45, 7) is 8.61. The fourth-order valence-electron chi connectivity index (χ4n) is 3.71. The number of thioether (sulfide) groups is 1. The van der Waals surface area contributed by atoms with Crippen LogP contribution in [0.3, 0.4) is 0 Å². The second-order valence-corrected chi connectivity index (χ2v) is 8.88. The number of quaternary nitrogens is 1. The van der Waals surface area contributed by atoms with Gasteiger partial charge in [-0.3, -0.25) is 9.59 Å². The van der Waals surface area contributed by atoms with Crippen LogP contribution in [0.4, 0.5) is 5.69 Å². The smallest absolute Gasteiger partial charge is 0.262 e. The van der Waals surface area contributed by atoms with Crippen molar-refractivity contribution in [2.45, 2.75) is 38.0 Å². The predicted octanol–water partition coefficient (Wildman–Crippen LogP) is 3.60. The van der Waals surface area contributed by atoms with E-state index in [1.807, 2.05) is 54.6 Å². The summed E-state index contributed by atoms with van der Waals surface area (Å²) in [5.41, 5.74) is 2.38. The molecule has 2 aromatic rings. The van der Waals surface area contributed by atoms with E-state index in [1.165, 1.54) is 37.7 Å². The van der Waals surface area contributed by atoms with Crippen LogP contribution in [0.25, 0.3) is 6.08 Å². The van der Waals surface area contributed by atoms with E-state index in [2.05, 4.69) is 24.5 Å². The number of rotatable bonds is 10. The summed E-state index contributed by atoms with van der Waals surface area (Å²) >= 11 is 1.46. The average Bonchev–Trinajstić information content (AvgIpc) is 2.78. The molecule has 0 atom stereocenters. The zero-order valence-electron chi connectivity index (χ0n) is 18.4. The molecule has 1 aliphatic rings. The van der Waals surface area contributed by atoms with Crippen molar-refractivity contribution in [1.82, 2.24) is 5.32 Å². The lowest BCUT2D eigenvalue weighted by atomic mass is 10.1. The van der Waals surface area contributed by atoms with Crippen LogP contribution in [0, 0.1) is 0 Å². The average molecular weight is 439 g/mol. The van der Waals surface area contributed by atoms with Gasteiger partial charge >= 0.3 is 0 Å². The molecule has 3 rings (SSSR count). The van der Waals surface area contributed by atoms with E-state index in [-0.39, 0.29) is 11.8 Å². The molecule has 2 aromatic carbocycles. The Morgan fingerprint density at radius 1 is 1.03 bits per heavy atom. The molecule has 5 nitrogen and oxygen atoms in total. The number of benzene rings is 2. The minimum atomic E-state index is -0.104. The first-order valence-electron chi connectivity index (χ1n) is 11.1. The fourth-order valence-corrected chi connectivity index (χ4v) is 4.66. The van der Waals surface area contributed by atoms with Gasteiger partial charge in [0.1, 0.15) is 0 Å². The van der Waals surface area contributed by atoms with Gasteiger partial charge < -0.3 is 15.5 Å². The standard InChI is InChI=1S/C25H31N3O2S/c1-3-15-28(16-4-2)17-7-14-26-24(29)20-12-10-19(11-13-20)18-23-25(30)27-21-8-5-6-9-22(21)31-23/h5-6,8-13,18H,3-4,7,14-17H2,1-2H3,(H,26,29)(H,27,30)/p+1. The minimum absolute atomic E-state index is 0.0505. The molecule has 0 aromatic heterocycles. The van der Waals surface area contributed by atoms with Gasteiger partial charge in [0.05, 0.1) is 30.2 Å². The topological polar surface area (TPSA) is 62.6 Å². The molecule has 6 heteroatoms. The molecule has 0 fully saturated rings. The quantitative estimate of drug-likeness (QED) is 0.392. The van der Waals surface area contributed by atoms with Crippen LogP contribution in [-0.2, 0) is 4.79 Å².